The van der Waals surface area contributed by atoms with Gasteiger partial charge < -0.3 is 15.3 Å². The summed E-state index contributed by atoms with van der Waals surface area (Å²) in [6.07, 6.45) is 5.84. The Morgan fingerprint density at radius 3 is 2.27 bits per heavy atom. The molecule has 0 bridgehead atoms. The van der Waals surface area contributed by atoms with Gasteiger partial charge in [-0.15, -0.1) is 0 Å². The van der Waals surface area contributed by atoms with Gasteiger partial charge in [-0.25, -0.2) is 18.7 Å². The van der Waals surface area contributed by atoms with Crippen LogP contribution in [0.15, 0.2) is 6.07 Å². The molecule has 1 aromatic rings. The van der Waals surface area contributed by atoms with Crippen molar-refractivity contribution in [1.82, 2.24) is 20.2 Å². The highest BCUT2D eigenvalue weighted by atomic mass is 19.3. The van der Waals surface area contributed by atoms with Crippen LogP contribution in [0.4, 0.5) is 14.6 Å². The van der Waals surface area contributed by atoms with E-state index in [4.69, 9.17) is 0 Å². The number of carbonyl (C=O) groups is 1. The molecular formula is C28H45F2N5O2. The first kappa shape index (κ1) is 28.1. The molecule has 37 heavy (non-hydrogen) atoms. The van der Waals surface area contributed by atoms with E-state index in [9.17, 15) is 18.7 Å². The van der Waals surface area contributed by atoms with E-state index < -0.39 is 6.43 Å². The Morgan fingerprint density at radius 2 is 1.68 bits per heavy atom. The van der Waals surface area contributed by atoms with Crippen LogP contribution in [0.1, 0.15) is 96.5 Å². The summed E-state index contributed by atoms with van der Waals surface area (Å²) in [4.78, 5) is 25.9. The van der Waals surface area contributed by atoms with Crippen molar-refractivity contribution in [1.29, 1.82) is 0 Å². The van der Waals surface area contributed by atoms with Gasteiger partial charge in [0, 0.05) is 49.6 Å². The van der Waals surface area contributed by atoms with Crippen LogP contribution < -0.4 is 10.2 Å². The van der Waals surface area contributed by atoms with E-state index in [1.54, 1.807) is 0 Å². The number of carbonyl (C=O) groups excluding carboxylic acids is 1. The van der Waals surface area contributed by atoms with Crippen LogP contribution >= 0.6 is 0 Å². The zero-order valence-electron chi connectivity index (χ0n) is 22.8. The zero-order chi connectivity index (χ0) is 26.6. The van der Waals surface area contributed by atoms with Crippen LogP contribution in [0.5, 0.6) is 0 Å². The van der Waals surface area contributed by atoms with Crippen LogP contribution in [-0.2, 0) is 10.2 Å². The standard InChI is InChI=1S/C28H45F2N5O2/c1-28(2,3)27-32-23(25(29)30)18-24(33-27)35-16-14-34(15-17-35)13-12-19-4-8-21(9-5-19)31-26(37)20-6-10-22(36)11-7-20/h18-22,25,36H,4-17H2,1-3H3,(H,31,37). The van der Waals surface area contributed by atoms with Crippen LogP contribution in [-0.4, -0.2) is 70.8 Å². The van der Waals surface area contributed by atoms with Crippen molar-refractivity contribution in [2.45, 2.75) is 103 Å². The van der Waals surface area contributed by atoms with Gasteiger partial charge in [-0.1, -0.05) is 20.8 Å². The first-order valence-corrected chi connectivity index (χ1v) is 14.2. The molecule has 0 spiro atoms. The summed E-state index contributed by atoms with van der Waals surface area (Å²) in [5.41, 5.74) is -0.579. The van der Waals surface area contributed by atoms with Gasteiger partial charge in [0.25, 0.3) is 6.43 Å². The molecule has 3 aliphatic rings. The maximum absolute atomic E-state index is 13.5. The van der Waals surface area contributed by atoms with Gasteiger partial charge in [0.1, 0.15) is 17.3 Å². The molecule has 1 aromatic heterocycles. The monoisotopic (exact) mass is 521 g/mol. The van der Waals surface area contributed by atoms with Gasteiger partial charge in [0.2, 0.25) is 5.91 Å². The highest BCUT2D eigenvalue weighted by molar-refractivity contribution is 5.79. The molecule has 2 aliphatic carbocycles. The Hall–Kier alpha value is -1.87. The number of amides is 1. The van der Waals surface area contributed by atoms with E-state index in [0.717, 1.165) is 84.1 Å². The molecular weight excluding hydrogens is 476 g/mol. The van der Waals surface area contributed by atoms with E-state index in [-0.39, 0.29) is 29.0 Å². The van der Waals surface area contributed by atoms with Crippen molar-refractivity contribution < 1.29 is 18.7 Å². The molecule has 1 amide bonds. The van der Waals surface area contributed by atoms with Crippen LogP contribution in [0.2, 0.25) is 0 Å². The van der Waals surface area contributed by atoms with Crippen molar-refractivity contribution in [3.8, 4) is 0 Å². The number of aliphatic hydroxyl groups excluding tert-OH is 1. The molecule has 1 aliphatic heterocycles. The van der Waals surface area contributed by atoms with Gasteiger partial charge in [0.05, 0.1) is 6.10 Å². The van der Waals surface area contributed by atoms with Crippen molar-refractivity contribution in [3.05, 3.63) is 17.6 Å². The molecule has 4 rings (SSSR count). The lowest BCUT2D eigenvalue weighted by atomic mass is 9.83. The molecule has 2 saturated carbocycles. The Labute approximate surface area is 220 Å². The zero-order valence-corrected chi connectivity index (χ0v) is 22.8. The molecule has 208 valence electrons. The number of aromatic nitrogens is 2. The SMILES string of the molecule is CC(C)(C)c1nc(C(F)F)cc(N2CCN(CCC3CCC(NC(=O)C4CCC(O)CC4)CC3)CC2)n1. The minimum absolute atomic E-state index is 0.0733. The van der Waals surface area contributed by atoms with Crippen molar-refractivity contribution >= 4 is 11.7 Å². The molecule has 2 heterocycles. The Balaban J connectivity index is 1.18. The lowest BCUT2D eigenvalue weighted by Crippen LogP contribution is -2.47. The number of alkyl halides is 2. The highest BCUT2D eigenvalue weighted by Gasteiger charge is 2.29. The number of anilines is 1. The van der Waals surface area contributed by atoms with Gasteiger partial charge in [0.15, 0.2) is 0 Å². The highest BCUT2D eigenvalue weighted by Crippen LogP contribution is 2.30. The minimum atomic E-state index is -2.60. The summed E-state index contributed by atoms with van der Waals surface area (Å²) in [6, 6.07) is 1.74. The minimum Gasteiger partial charge on any atom is -0.393 e. The molecule has 9 heteroatoms. The lowest BCUT2D eigenvalue weighted by Gasteiger charge is -2.37. The Bertz CT molecular complexity index is 885. The van der Waals surface area contributed by atoms with E-state index in [1.807, 2.05) is 20.8 Å². The van der Waals surface area contributed by atoms with Gasteiger partial charge >= 0.3 is 0 Å². The van der Waals surface area contributed by atoms with Gasteiger partial charge in [-0.2, -0.15) is 0 Å². The predicted molar refractivity (Wildman–Crippen MR) is 141 cm³/mol. The molecule has 0 atom stereocenters. The molecule has 0 unspecified atom stereocenters. The Kier molecular flexibility index (Phi) is 9.38. The number of hydrogen-bond acceptors (Lipinski definition) is 6. The maximum Gasteiger partial charge on any atom is 0.280 e. The number of aliphatic hydroxyl groups is 1. The second kappa shape index (κ2) is 12.3. The smallest absolute Gasteiger partial charge is 0.280 e. The summed E-state index contributed by atoms with van der Waals surface area (Å²) < 4.78 is 26.9. The third-order valence-corrected chi connectivity index (χ3v) is 8.44. The molecule has 0 aromatic carbocycles. The van der Waals surface area contributed by atoms with Crippen molar-refractivity contribution in [2.75, 3.05) is 37.6 Å². The fraction of sp³-hybridized carbons (Fsp3) is 0.821. The summed E-state index contributed by atoms with van der Waals surface area (Å²) in [7, 11) is 0. The average molecular weight is 522 g/mol. The van der Waals surface area contributed by atoms with Gasteiger partial charge in [-0.3, -0.25) is 9.69 Å². The molecule has 2 N–H and O–H groups in total. The summed E-state index contributed by atoms with van der Waals surface area (Å²) in [5, 5.41) is 12.9. The fourth-order valence-electron chi connectivity index (χ4n) is 5.88. The number of nitrogens with zero attached hydrogens (tertiary/aromatic N) is 4. The Morgan fingerprint density at radius 1 is 1.03 bits per heavy atom. The number of halogens is 2. The second-order valence-electron chi connectivity index (χ2n) is 12.4. The summed E-state index contributed by atoms with van der Waals surface area (Å²) >= 11 is 0. The third-order valence-electron chi connectivity index (χ3n) is 8.44. The maximum atomic E-state index is 13.5. The summed E-state index contributed by atoms with van der Waals surface area (Å²) in [6.45, 7) is 10.3. The van der Waals surface area contributed by atoms with Crippen LogP contribution in [0.3, 0.4) is 0 Å². The normalized spacial score (nSPS) is 27.9. The number of piperazine rings is 1. The lowest BCUT2D eigenvalue weighted by molar-refractivity contribution is -0.127. The number of nitrogens with one attached hydrogen (secondary N) is 1. The largest absolute Gasteiger partial charge is 0.393 e. The van der Waals surface area contributed by atoms with E-state index in [2.05, 4.69) is 25.1 Å². The van der Waals surface area contributed by atoms with Crippen molar-refractivity contribution in [2.24, 2.45) is 11.8 Å². The number of rotatable bonds is 7. The third kappa shape index (κ3) is 7.82. The molecule has 7 nitrogen and oxygen atoms in total. The summed E-state index contributed by atoms with van der Waals surface area (Å²) in [5.74, 6) is 2.03. The van der Waals surface area contributed by atoms with Crippen LogP contribution in [0.25, 0.3) is 0 Å². The van der Waals surface area contributed by atoms with E-state index in [1.165, 1.54) is 12.5 Å². The molecule has 3 fully saturated rings. The van der Waals surface area contributed by atoms with E-state index in [0.29, 0.717) is 23.6 Å². The molecule has 0 radical (unpaired) electrons. The fourth-order valence-corrected chi connectivity index (χ4v) is 5.88. The quantitative estimate of drug-likeness (QED) is 0.552. The predicted octanol–water partition coefficient (Wildman–Crippen LogP) is 4.45. The van der Waals surface area contributed by atoms with Crippen LogP contribution in [0, 0.1) is 11.8 Å². The second-order valence-corrected chi connectivity index (χ2v) is 12.4. The average Bonchev–Trinajstić information content (AvgIpc) is 2.88. The number of hydrogen-bond donors (Lipinski definition) is 2. The van der Waals surface area contributed by atoms with Gasteiger partial charge in [-0.05, 0) is 70.3 Å². The first-order valence-electron chi connectivity index (χ1n) is 14.2. The van der Waals surface area contributed by atoms with Crippen molar-refractivity contribution in [3.63, 3.8) is 0 Å². The molecule has 1 saturated heterocycles. The topological polar surface area (TPSA) is 81.6 Å². The van der Waals surface area contributed by atoms with E-state index >= 15 is 0 Å². The first-order chi connectivity index (χ1) is 17.6.